The zero-order chi connectivity index (χ0) is 14.3. The van der Waals surface area contributed by atoms with Crippen LogP contribution >= 0.6 is 0 Å². The predicted octanol–water partition coefficient (Wildman–Crippen LogP) is 1.46. The number of nitrogens with zero attached hydrogens (tertiary/aromatic N) is 2. The molecule has 1 amide bonds. The highest BCUT2D eigenvalue weighted by Gasteiger charge is 2.49. The third-order valence-electron chi connectivity index (χ3n) is 4.80. The Morgan fingerprint density at radius 1 is 1.35 bits per heavy atom. The molecule has 0 saturated heterocycles. The summed E-state index contributed by atoms with van der Waals surface area (Å²) in [5.41, 5.74) is 7.21. The monoisotopic (exact) mass is 274 g/mol. The first kappa shape index (κ1) is 13.4. The summed E-state index contributed by atoms with van der Waals surface area (Å²) in [5.74, 6) is 1.62. The van der Waals surface area contributed by atoms with Crippen LogP contribution in [0.15, 0.2) is 18.3 Å². The van der Waals surface area contributed by atoms with Crippen molar-refractivity contribution in [2.24, 2.45) is 23.5 Å². The van der Waals surface area contributed by atoms with Crippen LogP contribution in [0.1, 0.15) is 19.3 Å². The van der Waals surface area contributed by atoms with Gasteiger partial charge in [-0.25, -0.2) is 4.98 Å². The molecule has 4 unspecified atom stereocenters. The second kappa shape index (κ2) is 5.05. The Labute approximate surface area is 119 Å². The smallest absolute Gasteiger partial charge is 0.230 e. The lowest BCUT2D eigenvalue weighted by Gasteiger charge is -2.26. The number of hydrogen-bond acceptors (Lipinski definition) is 4. The van der Waals surface area contributed by atoms with Crippen LogP contribution in [0.2, 0.25) is 0 Å². The first-order valence-electron chi connectivity index (χ1n) is 7.26. The third-order valence-corrected chi connectivity index (χ3v) is 4.80. The maximum absolute atomic E-state index is 12.4. The largest absolute Gasteiger partial charge is 0.376 e. The average molecular weight is 274 g/mol. The summed E-state index contributed by atoms with van der Waals surface area (Å²) in [6.45, 7) is 0. The van der Waals surface area contributed by atoms with Gasteiger partial charge < -0.3 is 16.0 Å². The number of anilines is 2. The Hall–Kier alpha value is -1.62. The molecule has 2 bridgehead atoms. The number of nitrogens with one attached hydrogen (secondary N) is 1. The van der Waals surface area contributed by atoms with Gasteiger partial charge in [0.05, 0.1) is 17.8 Å². The quantitative estimate of drug-likeness (QED) is 0.875. The minimum absolute atomic E-state index is 0.0230. The maximum atomic E-state index is 12.4. The van der Waals surface area contributed by atoms with Gasteiger partial charge in [0.15, 0.2) is 0 Å². The van der Waals surface area contributed by atoms with Crippen molar-refractivity contribution in [3.63, 3.8) is 0 Å². The number of aromatic nitrogens is 1. The van der Waals surface area contributed by atoms with Crippen molar-refractivity contribution in [2.45, 2.75) is 25.3 Å². The molecule has 0 aliphatic heterocycles. The van der Waals surface area contributed by atoms with E-state index in [1.807, 2.05) is 31.1 Å². The molecule has 5 heteroatoms. The lowest BCUT2D eigenvalue weighted by molar-refractivity contribution is -0.121. The molecule has 108 valence electrons. The molecule has 20 heavy (non-hydrogen) atoms. The van der Waals surface area contributed by atoms with Crippen molar-refractivity contribution in [3.8, 4) is 0 Å². The van der Waals surface area contributed by atoms with Crippen molar-refractivity contribution >= 4 is 17.4 Å². The van der Waals surface area contributed by atoms with Crippen molar-refractivity contribution in [1.82, 2.24) is 4.98 Å². The molecular weight excluding hydrogens is 252 g/mol. The molecule has 1 heterocycles. The Morgan fingerprint density at radius 3 is 2.65 bits per heavy atom. The molecule has 0 aromatic carbocycles. The van der Waals surface area contributed by atoms with Gasteiger partial charge in [-0.1, -0.05) is 0 Å². The van der Waals surface area contributed by atoms with E-state index in [1.165, 1.54) is 6.42 Å². The van der Waals surface area contributed by atoms with E-state index in [1.54, 1.807) is 6.20 Å². The zero-order valence-electron chi connectivity index (χ0n) is 12.0. The second-order valence-corrected chi connectivity index (χ2v) is 6.22. The van der Waals surface area contributed by atoms with Crippen molar-refractivity contribution in [2.75, 3.05) is 24.3 Å². The fourth-order valence-electron chi connectivity index (χ4n) is 3.66. The Balaban J connectivity index is 1.67. The van der Waals surface area contributed by atoms with Gasteiger partial charge in [0.1, 0.15) is 5.82 Å². The molecule has 2 saturated carbocycles. The number of carbonyl (C=O) groups excluding carboxylic acids is 1. The fraction of sp³-hybridized carbons (Fsp3) is 0.600. The molecule has 5 nitrogen and oxygen atoms in total. The van der Waals surface area contributed by atoms with Crippen LogP contribution in [0.4, 0.5) is 11.5 Å². The summed E-state index contributed by atoms with van der Waals surface area (Å²) < 4.78 is 0. The summed E-state index contributed by atoms with van der Waals surface area (Å²) in [7, 11) is 3.92. The summed E-state index contributed by atoms with van der Waals surface area (Å²) >= 11 is 0. The SMILES string of the molecule is CN(C)c1ccc(NC(=O)C2C3CCC(C3)C2N)nc1. The van der Waals surface area contributed by atoms with Crippen molar-refractivity contribution in [3.05, 3.63) is 18.3 Å². The number of nitrogens with two attached hydrogens (primary N) is 1. The van der Waals surface area contributed by atoms with Crippen LogP contribution < -0.4 is 16.0 Å². The van der Waals surface area contributed by atoms with Gasteiger partial charge in [-0.3, -0.25) is 4.79 Å². The molecule has 1 aromatic rings. The molecule has 2 aliphatic carbocycles. The van der Waals surface area contributed by atoms with Crippen LogP contribution in [0.25, 0.3) is 0 Å². The Kier molecular flexibility index (Phi) is 3.38. The minimum atomic E-state index is -0.0379. The Bertz CT molecular complexity index is 497. The highest BCUT2D eigenvalue weighted by atomic mass is 16.2. The third kappa shape index (κ3) is 2.26. The van der Waals surface area contributed by atoms with Crippen molar-refractivity contribution in [1.29, 1.82) is 0 Å². The van der Waals surface area contributed by atoms with Gasteiger partial charge in [0.2, 0.25) is 5.91 Å². The first-order valence-corrected chi connectivity index (χ1v) is 7.26. The molecule has 4 atom stereocenters. The van der Waals surface area contributed by atoms with Crippen LogP contribution in [-0.2, 0) is 4.79 Å². The van der Waals surface area contributed by atoms with E-state index in [4.69, 9.17) is 5.73 Å². The van der Waals surface area contributed by atoms with E-state index < -0.39 is 0 Å². The van der Waals surface area contributed by atoms with Crippen LogP contribution in [0.3, 0.4) is 0 Å². The maximum Gasteiger partial charge on any atom is 0.230 e. The summed E-state index contributed by atoms with van der Waals surface area (Å²) in [4.78, 5) is 18.7. The van der Waals surface area contributed by atoms with E-state index in [-0.39, 0.29) is 17.9 Å². The standard InChI is InChI=1S/C15H22N4O/c1-19(2)11-5-6-12(17-8-11)18-15(20)13-9-3-4-10(7-9)14(13)16/h5-6,8-10,13-14H,3-4,7,16H2,1-2H3,(H,17,18,20). The fourth-order valence-corrected chi connectivity index (χ4v) is 3.66. The van der Waals surface area contributed by atoms with Crippen LogP contribution in [0.5, 0.6) is 0 Å². The van der Waals surface area contributed by atoms with Gasteiger partial charge >= 0.3 is 0 Å². The normalized spacial score (nSPS) is 31.4. The summed E-state index contributed by atoms with van der Waals surface area (Å²) in [6, 6.07) is 3.81. The second-order valence-electron chi connectivity index (χ2n) is 6.22. The van der Waals surface area contributed by atoms with Gasteiger partial charge in [-0.05, 0) is 43.2 Å². The van der Waals surface area contributed by atoms with Gasteiger partial charge in [-0.2, -0.15) is 0 Å². The number of carbonyl (C=O) groups is 1. The lowest BCUT2D eigenvalue weighted by atomic mass is 9.84. The molecule has 1 aromatic heterocycles. The van der Waals surface area contributed by atoms with E-state index in [9.17, 15) is 4.79 Å². The molecule has 2 fully saturated rings. The number of fused-ring (bicyclic) bond motifs is 2. The van der Waals surface area contributed by atoms with Crippen LogP contribution in [-0.4, -0.2) is 31.0 Å². The van der Waals surface area contributed by atoms with Crippen LogP contribution in [0, 0.1) is 17.8 Å². The Morgan fingerprint density at radius 2 is 2.10 bits per heavy atom. The van der Waals surface area contributed by atoms with E-state index >= 15 is 0 Å². The zero-order valence-corrected chi connectivity index (χ0v) is 12.0. The number of amides is 1. The molecule has 2 aliphatic rings. The number of hydrogen-bond donors (Lipinski definition) is 2. The molecule has 0 spiro atoms. The predicted molar refractivity (Wildman–Crippen MR) is 79.5 cm³/mol. The van der Waals surface area contributed by atoms with Crippen molar-refractivity contribution < 1.29 is 4.79 Å². The molecular formula is C15H22N4O. The van der Waals surface area contributed by atoms with E-state index in [2.05, 4.69) is 10.3 Å². The van der Waals surface area contributed by atoms with Gasteiger partial charge in [-0.15, -0.1) is 0 Å². The average Bonchev–Trinajstić information content (AvgIpc) is 2.99. The molecule has 3 N–H and O–H groups in total. The number of pyridine rings is 1. The topological polar surface area (TPSA) is 71.2 Å². The number of rotatable bonds is 3. The minimum Gasteiger partial charge on any atom is -0.376 e. The lowest BCUT2D eigenvalue weighted by Crippen LogP contribution is -2.42. The molecule has 0 radical (unpaired) electrons. The van der Waals surface area contributed by atoms with Gasteiger partial charge in [0, 0.05) is 20.1 Å². The molecule has 3 rings (SSSR count). The van der Waals surface area contributed by atoms with E-state index in [0.717, 1.165) is 18.5 Å². The first-order chi connectivity index (χ1) is 9.56. The summed E-state index contributed by atoms with van der Waals surface area (Å²) in [6.07, 6.45) is 5.21. The van der Waals surface area contributed by atoms with Gasteiger partial charge in [0.25, 0.3) is 0 Å². The summed E-state index contributed by atoms with van der Waals surface area (Å²) in [5, 5.41) is 2.92. The van der Waals surface area contributed by atoms with E-state index in [0.29, 0.717) is 17.7 Å². The highest BCUT2D eigenvalue weighted by molar-refractivity contribution is 5.92. The highest BCUT2D eigenvalue weighted by Crippen LogP contribution is 2.47.